The quantitative estimate of drug-likeness (QED) is 0.578. The van der Waals surface area contributed by atoms with Crippen molar-refractivity contribution >= 4 is 5.97 Å². The van der Waals surface area contributed by atoms with Crippen LogP contribution in [0.2, 0.25) is 0 Å². The van der Waals surface area contributed by atoms with Gasteiger partial charge in [-0.05, 0) is 49.4 Å². The van der Waals surface area contributed by atoms with Gasteiger partial charge in [-0.25, -0.2) is 4.79 Å². The second-order valence-electron chi connectivity index (χ2n) is 5.44. The molecule has 1 aliphatic heterocycles. The minimum Gasteiger partial charge on any atom is -0.490 e. The first-order valence-corrected chi connectivity index (χ1v) is 7.62. The van der Waals surface area contributed by atoms with Crippen LogP contribution < -0.4 is 4.74 Å². The van der Waals surface area contributed by atoms with Crippen molar-refractivity contribution in [1.82, 2.24) is 0 Å². The number of methoxy groups -OCH3 is 1. The Kier molecular flexibility index (Phi) is 5.45. The van der Waals surface area contributed by atoms with Crippen molar-refractivity contribution in [1.29, 1.82) is 0 Å². The van der Waals surface area contributed by atoms with Crippen molar-refractivity contribution in [3.63, 3.8) is 0 Å². The summed E-state index contributed by atoms with van der Waals surface area (Å²) < 4.78 is 10.8. The second kappa shape index (κ2) is 7.32. The molecule has 0 saturated carbocycles. The fraction of sp³-hybridized carbons (Fsp3) is 0.588. The minimum absolute atomic E-state index is 0.283. The number of ether oxygens (including phenoxy) is 2. The molecule has 0 bridgehead atoms. The summed E-state index contributed by atoms with van der Waals surface area (Å²) in [5.74, 6) is 0.652. The summed E-state index contributed by atoms with van der Waals surface area (Å²) >= 11 is 0. The van der Waals surface area contributed by atoms with E-state index in [1.807, 2.05) is 12.1 Å². The van der Waals surface area contributed by atoms with Crippen molar-refractivity contribution in [3.05, 3.63) is 29.3 Å². The van der Waals surface area contributed by atoms with Gasteiger partial charge < -0.3 is 9.47 Å². The van der Waals surface area contributed by atoms with Crippen LogP contribution in [0.15, 0.2) is 18.2 Å². The number of hydrogen-bond donors (Lipinski definition) is 0. The fourth-order valence-corrected chi connectivity index (χ4v) is 2.69. The molecule has 0 amide bonds. The number of esters is 1. The lowest BCUT2D eigenvalue weighted by atomic mass is 9.97. The molecule has 0 spiro atoms. The molecule has 0 aromatic heterocycles. The zero-order valence-electron chi connectivity index (χ0n) is 12.5. The highest BCUT2D eigenvalue weighted by atomic mass is 16.5. The highest BCUT2D eigenvalue weighted by molar-refractivity contribution is 5.89. The largest absolute Gasteiger partial charge is 0.490 e. The Morgan fingerprint density at radius 2 is 2.20 bits per heavy atom. The standard InChI is InChI=1S/C17H24O3/c1-3-4-5-6-7-15-10-8-13-12-14(17(18)19-2)9-11-16(13)20-15/h9,11-12,15H,3-8,10H2,1-2H3/t15-/m1/s1. The summed E-state index contributed by atoms with van der Waals surface area (Å²) in [5, 5.41) is 0. The molecule has 0 fully saturated rings. The smallest absolute Gasteiger partial charge is 0.337 e. The van der Waals surface area contributed by atoms with Crippen LogP contribution in [0.1, 0.15) is 61.4 Å². The van der Waals surface area contributed by atoms with E-state index in [9.17, 15) is 4.79 Å². The third-order valence-corrected chi connectivity index (χ3v) is 3.89. The molecular formula is C17H24O3. The van der Waals surface area contributed by atoms with Crippen LogP contribution in [0, 0.1) is 0 Å². The van der Waals surface area contributed by atoms with Crippen LogP contribution in [0.25, 0.3) is 0 Å². The molecule has 0 unspecified atom stereocenters. The third kappa shape index (κ3) is 3.75. The van der Waals surface area contributed by atoms with E-state index in [2.05, 4.69) is 6.92 Å². The van der Waals surface area contributed by atoms with Gasteiger partial charge in [0, 0.05) is 0 Å². The van der Waals surface area contributed by atoms with Crippen LogP contribution >= 0.6 is 0 Å². The number of fused-ring (bicyclic) bond motifs is 1. The van der Waals surface area contributed by atoms with Gasteiger partial charge in [0.05, 0.1) is 18.8 Å². The molecule has 110 valence electrons. The van der Waals surface area contributed by atoms with Gasteiger partial charge >= 0.3 is 5.97 Å². The maximum atomic E-state index is 11.5. The van der Waals surface area contributed by atoms with Crippen molar-refractivity contribution in [3.8, 4) is 5.75 Å². The number of carbonyl (C=O) groups is 1. The fourth-order valence-electron chi connectivity index (χ4n) is 2.69. The van der Waals surface area contributed by atoms with E-state index in [0.29, 0.717) is 11.7 Å². The van der Waals surface area contributed by atoms with Crippen LogP contribution in [-0.4, -0.2) is 19.2 Å². The highest BCUT2D eigenvalue weighted by Gasteiger charge is 2.20. The Hall–Kier alpha value is -1.51. The van der Waals surface area contributed by atoms with E-state index >= 15 is 0 Å². The lowest BCUT2D eigenvalue weighted by Gasteiger charge is -2.26. The summed E-state index contributed by atoms with van der Waals surface area (Å²) in [5.41, 5.74) is 1.73. The molecule has 0 N–H and O–H groups in total. The summed E-state index contributed by atoms with van der Waals surface area (Å²) in [6.45, 7) is 2.23. The second-order valence-corrected chi connectivity index (χ2v) is 5.44. The average Bonchev–Trinajstić information content (AvgIpc) is 2.50. The summed E-state index contributed by atoms with van der Waals surface area (Å²) in [6, 6.07) is 5.58. The predicted molar refractivity (Wildman–Crippen MR) is 79.3 cm³/mol. The Labute approximate surface area is 121 Å². The monoisotopic (exact) mass is 276 g/mol. The van der Waals surface area contributed by atoms with Gasteiger partial charge in [-0.3, -0.25) is 0 Å². The summed E-state index contributed by atoms with van der Waals surface area (Å²) in [6.07, 6.45) is 8.62. The van der Waals surface area contributed by atoms with E-state index < -0.39 is 0 Å². The Bertz CT molecular complexity index is 454. The maximum Gasteiger partial charge on any atom is 0.337 e. The predicted octanol–water partition coefficient (Wildman–Crippen LogP) is 4.14. The van der Waals surface area contributed by atoms with Gasteiger partial charge in [-0.15, -0.1) is 0 Å². The Morgan fingerprint density at radius 3 is 2.95 bits per heavy atom. The molecule has 1 heterocycles. The van der Waals surface area contributed by atoms with Gasteiger partial charge in [-0.2, -0.15) is 0 Å². The molecule has 20 heavy (non-hydrogen) atoms. The first-order valence-electron chi connectivity index (χ1n) is 7.62. The van der Waals surface area contributed by atoms with Crippen molar-refractivity contribution in [2.45, 2.75) is 58.0 Å². The van der Waals surface area contributed by atoms with E-state index in [0.717, 1.165) is 30.6 Å². The highest BCUT2D eigenvalue weighted by Crippen LogP contribution is 2.30. The number of hydrogen-bond acceptors (Lipinski definition) is 3. The van der Waals surface area contributed by atoms with E-state index in [4.69, 9.17) is 9.47 Å². The number of rotatable bonds is 6. The van der Waals surface area contributed by atoms with E-state index in [1.54, 1.807) is 6.07 Å². The SMILES string of the molecule is CCCCCC[C@@H]1CCc2cc(C(=O)OC)ccc2O1. The molecule has 3 heteroatoms. The first-order chi connectivity index (χ1) is 9.74. The normalized spacial score (nSPS) is 17.2. The van der Waals surface area contributed by atoms with Gasteiger partial charge in [0.1, 0.15) is 5.75 Å². The molecule has 3 nitrogen and oxygen atoms in total. The number of unbranched alkanes of at least 4 members (excludes halogenated alkanes) is 3. The van der Waals surface area contributed by atoms with Gasteiger partial charge in [0.2, 0.25) is 0 Å². The van der Waals surface area contributed by atoms with Crippen LogP contribution in [0.4, 0.5) is 0 Å². The number of carbonyl (C=O) groups excluding carboxylic acids is 1. The summed E-state index contributed by atoms with van der Waals surface area (Å²) in [7, 11) is 1.41. The number of aryl methyl sites for hydroxylation is 1. The third-order valence-electron chi connectivity index (χ3n) is 3.89. The van der Waals surface area contributed by atoms with E-state index in [-0.39, 0.29) is 5.97 Å². The zero-order valence-corrected chi connectivity index (χ0v) is 12.5. The van der Waals surface area contributed by atoms with Gasteiger partial charge in [-0.1, -0.05) is 26.2 Å². The van der Waals surface area contributed by atoms with Crippen LogP contribution in [0.3, 0.4) is 0 Å². The molecule has 0 saturated heterocycles. The lowest BCUT2D eigenvalue weighted by molar-refractivity contribution is 0.0600. The first kappa shape index (κ1) is 14.9. The Morgan fingerprint density at radius 1 is 1.35 bits per heavy atom. The van der Waals surface area contributed by atoms with Gasteiger partial charge in [0.15, 0.2) is 0 Å². The molecule has 1 atom stereocenters. The molecular weight excluding hydrogens is 252 g/mol. The Balaban J connectivity index is 1.92. The topological polar surface area (TPSA) is 35.5 Å². The van der Waals surface area contributed by atoms with Crippen molar-refractivity contribution in [2.75, 3.05) is 7.11 Å². The minimum atomic E-state index is -0.283. The average molecular weight is 276 g/mol. The molecule has 0 radical (unpaired) electrons. The molecule has 1 aliphatic rings. The van der Waals surface area contributed by atoms with E-state index in [1.165, 1.54) is 32.8 Å². The van der Waals surface area contributed by atoms with Crippen LogP contribution in [-0.2, 0) is 11.2 Å². The molecule has 0 aliphatic carbocycles. The summed E-state index contributed by atoms with van der Waals surface area (Å²) in [4.78, 5) is 11.5. The van der Waals surface area contributed by atoms with Crippen LogP contribution in [0.5, 0.6) is 5.75 Å². The number of benzene rings is 1. The molecule has 1 aromatic rings. The van der Waals surface area contributed by atoms with Crippen molar-refractivity contribution in [2.24, 2.45) is 0 Å². The molecule has 2 rings (SSSR count). The van der Waals surface area contributed by atoms with Crippen molar-refractivity contribution < 1.29 is 14.3 Å². The maximum absolute atomic E-state index is 11.5. The van der Waals surface area contributed by atoms with Gasteiger partial charge in [0.25, 0.3) is 0 Å². The lowest BCUT2D eigenvalue weighted by Crippen LogP contribution is -2.22. The molecule has 1 aromatic carbocycles. The zero-order chi connectivity index (χ0) is 14.4.